The topological polar surface area (TPSA) is 19.4 Å². The minimum Gasteiger partial charge on any atom is -0.372 e. The number of anilines is 9. The van der Waals surface area contributed by atoms with E-state index in [1.807, 2.05) is 0 Å². The predicted molar refractivity (Wildman–Crippen MR) is 421 cm³/mol. The number of benzene rings is 10. The Morgan fingerprint density at radius 3 is 0.865 bits per heavy atom. The summed E-state index contributed by atoms with van der Waals surface area (Å²) in [5.74, 6) is -0.00527. The van der Waals surface area contributed by atoms with E-state index in [1.165, 1.54) is 78.2 Å². The van der Waals surface area contributed by atoms with Crippen LogP contribution in [0, 0.1) is 0 Å². The van der Waals surface area contributed by atoms with Crippen molar-refractivity contribution in [2.45, 2.75) is 67.7 Å². The molecule has 0 N–H and O–H groups in total. The molecule has 0 heterocycles. The van der Waals surface area contributed by atoms with Crippen LogP contribution in [0.5, 0.6) is 0 Å². The molecule has 6 heteroatoms. The highest BCUT2D eigenvalue weighted by atomic mass is 15.2. The lowest BCUT2D eigenvalue weighted by molar-refractivity contribution is 0.866. The van der Waals surface area contributed by atoms with Gasteiger partial charge in [-0.3, -0.25) is 0 Å². The monoisotopic (exact) mass is 1260 g/mol. The molecule has 10 aromatic rings. The third-order valence-corrected chi connectivity index (χ3v) is 19.3. The van der Waals surface area contributed by atoms with Crippen molar-refractivity contribution in [3.63, 3.8) is 0 Å². The average molecular weight is 1260 g/mol. The highest BCUT2D eigenvalue weighted by Crippen LogP contribution is 2.50. The zero-order valence-corrected chi connectivity index (χ0v) is 57.4. The summed E-state index contributed by atoms with van der Waals surface area (Å²) in [5, 5.41) is 2.46. The molecule has 6 nitrogen and oxygen atoms in total. The van der Waals surface area contributed by atoms with E-state index in [4.69, 9.17) is 0 Å². The van der Waals surface area contributed by atoms with Gasteiger partial charge in [0.05, 0.1) is 5.69 Å². The van der Waals surface area contributed by atoms with Crippen LogP contribution in [-0.2, 0) is 6.42 Å². The first-order valence-corrected chi connectivity index (χ1v) is 34.9. The minimum absolute atomic E-state index is 0.00527. The highest BCUT2D eigenvalue weighted by Gasteiger charge is 2.33. The van der Waals surface area contributed by atoms with Crippen LogP contribution in [0.2, 0.25) is 0 Å². The maximum Gasteiger partial charge on any atom is 0.0543 e. The Morgan fingerprint density at radius 2 is 0.573 bits per heavy atom. The summed E-state index contributed by atoms with van der Waals surface area (Å²) >= 11 is 0. The summed E-state index contributed by atoms with van der Waals surface area (Å²) in [7, 11) is 0. The number of hydrogen-bond donors (Lipinski definition) is 0. The molecular weight excluding hydrogens is 1170 g/mol. The van der Waals surface area contributed by atoms with Crippen molar-refractivity contribution in [3.8, 4) is 0 Å². The Kier molecular flexibility index (Phi) is 21.2. The lowest BCUT2D eigenvalue weighted by Crippen LogP contribution is -2.26. The Labute approximate surface area is 572 Å². The van der Waals surface area contributed by atoms with Crippen LogP contribution in [-0.4, -0.2) is 52.4 Å². The fourth-order valence-electron chi connectivity index (χ4n) is 13.8. The fraction of sp³-hybridized carbons (Fsp3) is 0.200. The summed E-state index contributed by atoms with van der Waals surface area (Å²) in [6, 6.07) is 83.7. The van der Waals surface area contributed by atoms with Gasteiger partial charge in [0.1, 0.15) is 0 Å². The van der Waals surface area contributed by atoms with Gasteiger partial charge in [-0.25, -0.2) is 0 Å². The Balaban J connectivity index is 0.923. The van der Waals surface area contributed by atoms with E-state index in [0.717, 1.165) is 109 Å². The number of allylic oxidation sites excluding steroid dienone is 6. The van der Waals surface area contributed by atoms with Crippen molar-refractivity contribution >= 4 is 111 Å². The molecular formula is C90H92N6. The van der Waals surface area contributed by atoms with Crippen LogP contribution in [0.3, 0.4) is 0 Å². The molecule has 96 heavy (non-hydrogen) atoms. The van der Waals surface area contributed by atoms with Crippen molar-refractivity contribution in [1.29, 1.82) is 0 Å². The van der Waals surface area contributed by atoms with E-state index in [9.17, 15) is 0 Å². The first kappa shape index (κ1) is 65.5. The molecule has 0 bridgehead atoms. The van der Waals surface area contributed by atoms with Gasteiger partial charge in [-0.1, -0.05) is 194 Å². The zero-order chi connectivity index (χ0) is 66.3. The minimum atomic E-state index is -0.00527. The molecule has 2 aliphatic carbocycles. The Hall–Kier alpha value is -10.6. The van der Waals surface area contributed by atoms with Crippen LogP contribution in [0.4, 0.5) is 51.2 Å². The second kappa shape index (κ2) is 31.1. The molecule has 2 aliphatic rings. The van der Waals surface area contributed by atoms with Crippen molar-refractivity contribution in [2.24, 2.45) is 0 Å². The van der Waals surface area contributed by atoms with Gasteiger partial charge in [-0.05, 0) is 225 Å². The van der Waals surface area contributed by atoms with Gasteiger partial charge < -0.3 is 29.4 Å². The SMILES string of the molecule is CCN(CC)c1ccc(C=Cc2ccc(N(C3=C4C=CC=CC4c4cc(N(c5ccc(C=Cc6ccc(N(CC)CC)cc6)cc5)c5ccc(C=Cc6ccc(N(CC)CC)cc6)cc5)c5ccccc5c4C3)c3ccc(C=Cc4ccc(N(CC)CC)cc4)cc3)cc2)cc1. The number of hydrogen-bond acceptors (Lipinski definition) is 6. The first-order valence-electron chi connectivity index (χ1n) is 34.9. The van der Waals surface area contributed by atoms with E-state index < -0.39 is 0 Å². The maximum absolute atomic E-state index is 2.53. The van der Waals surface area contributed by atoms with Gasteiger partial charge in [-0.2, -0.15) is 0 Å². The van der Waals surface area contributed by atoms with Gasteiger partial charge >= 0.3 is 0 Å². The normalized spacial score (nSPS) is 13.5. The quantitative estimate of drug-likeness (QED) is 0.0500. The molecule has 0 aromatic heterocycles. The molecule has 482 valence electrons. The van der Waals surface area contributed by atoms with Gasteiger partial charge in [0.2, 0.25) is 0 Å². The van der Waals surface area contributed by atoms with Crippen LogP contribution >= 0.6 is 0 Å². The molecule has 0 aliphatic heterocycles. The van der Waals surface area contributed by atoms with E-state index in [1.54, 1.807) is 0 Å². The number of rotatable bonds is 26. The molecule has 1 unspecified atom stereocenters. The van der Waals surface area contributed by atoms with Crippen LogP contribution in [0.15, 0.2) is 260 Å². The van der Waals surface area contributed by atoms with Crippen LogP contribution in [0.1, 0.15) is 117 Å². The average Bonchev–Trinajstić information content (AvgIpc) is 0.727. The summed E-state index contributed by atoms with van der Waals surface area (Å²) in [5.41, 5.74) is 25.1. The molecule has 0 fully saturated rings. The van der Waals surface area contributed by atoms with Gasteiger partial charge in [-0.15, -0.1) is 0 Å². The molecule has 0 saturated heterocycles. The first-order chi connectivity index (χ1) is 47.2. The molecule has 10 aromatic carbocycles. The van der Waals surface area contributed by atoms with E-state index in [0.29, 0.717) is 0 Å². The largest absolute Gasteiger partial charge is 0.372 e. The molecule has 0 spiro atoms. The van der Waals surface area contributed by atoms with Gasteiger partial charge in [0.15, 0.2) is 0 Å². The highest BCUT2D eigenvalue weighted by molar-refractivity contribution is 6.02. The standard InChI is InChI=1S/C90H92N6/c1-9-91(10-2)75-49-33-67(34-50-75)25-29-71-41-57-79(58-42-71)95(80-59-43-72(44-60-80)30-26-68-35-51-76(52-36-68)92(11-3)12-4)89-65-87-84-22-18-20-24-86(84)90(66-88(87)83-21-17-19-23-85(83)89)96(81-61-45-73(46-62-81)31-27-69-37-53-77(54-38-69)93(13-5)14-6)82-63-47-74(48-64-82)32-28-70-39-55-78(56-40-70)94(15-7)16-8/h17-65,84H,9-16,66H2,1-8H3. The molecule has 0 amide bonds. The Bertz CT molecular complexity index is 4200. The smallest absolute Gasteiger partial charge is 0.0543 e. The number of fused-ring (bicyclic) bond motifs is 5. The van der Waals surface area contributed by atoms with Crippen molar-refractivity contribution < 1.29 is 0 Å². The van der Waals surface area contributed by atoms with E-state index in [-0.39, 0.29) is 5.92 Å². The summed E-state index contributed by atoms with van der Waals surface area (Å²) < 4.78 is 0. The van der Waals surface area contributed by atoms with Crippen LogP contribution in [0.25, 0.3) is 59.4 Å². The lowest BCUT2D eigenvalue weighted by Gasteiger charge is -2.38. The van der Waals surface area contributed by atoms with E-state index in [2.05, 4.69) is 382 Å². The lowest BCUT2D eigenvalue weighted by atomic mass is 9.75. The third kappa shape index (κ3) is 14.8. The predicted octanol–water partition coefficient (Wildman–Crippen LogP) is 23.2. The third-order valence-electron chi connectivity index (χ3n) is 19.3. The van der Waals surface area contributed by atoms with Gasteiger partial charge in [0.25, 0.3) is 0 Å². The zero-order valence-electron chi connectivity index (χ0n) is 57.4. The fourth-order valence-corrected chi connectivity index (χ4v) is 13.8. The Morgan fingerprint density at radius 1 is 0.302 bits per heavy atom. The second-order valence-corrected chi connectivity index (χ2v) is 24.7. The molecule has 0 radical (unpaired) electrons. The van der Waals surface area contributed by atoms with Crippen molar-refractivity contribution in [2.75, 3.05) is 81.8 Å². The molecule has 1 atom stereocenters. The number of nitrogens with zero attached hydrogens (tertiary/aromatic N) is 6. The molecule has 12 rings (SSSR count). The summed E-state index contributed by atoms with van der Waals surface area (Å²) in [6.45, 7) is 25.6. The summed E-state index contributed by atoms with van der Waals surface area (Å²) in [6.07, 6.45) is 27.8. The van der Waals surface area contributed by atoms with Crippen molar-refractivity contribution in [1.82, 2.24) is 0 Å². The second-order valence-electron chi connectivity index (χ2n) is 24.7. The summed E-state index contributed by atoms with van der Waals surface area (Å²) in [4.78, 5) is 14.5. The van der Waals surface area contributed by atoms with E-state index >= 15 is 0 Å². The van der Waals surface area contributed by atoms with Crippen LogP contribution < -0.4 is 29.4 Å². The van der Waals surface area contributed by atoms with Crippen molar-refractivity contribution in [3.05, 3.63) is 316 Å². The maximum atomic E-state index is 2.53. The molecule has 0 saturated carbocycles. The van der Waals surface area contributed by atoms with Gasteiger partial charge in [0, 0.05) is 121 Å².